The number of pyridine rings is 1. The maximum absolute atomic E-state index is 4.40. The molecule has 2 aromatic heterocycles. The Morgan fingerprint density at radius 1 is 1.20 bits per heavy atom. The molecule has 0 spiro atoms. The third-order valence-electron chi connectivity index (χ3n) is 2.21. The molecule has 0 unspecified atom stereocenters. The lowest BCUT2D eigenvalue weighted by molar-refractivity contribution is 1.04. The van der Waals surface area contributed by atoms with Crippen LogP contribution in [0.25, 0.3) is 11.0 Å². The van der Waals surface area contributed by atoms with Crippen molar-refractivity contribution in [3.63, 3.8) is 0 Å². The van der Waals surface area contributed by atoms with E-state index >= 15 is 0 Å². The van der Waals surface area contributed by atoms with E-state index in [0.717, 1.165) is 35.5 Å². The number of fused-ring (bicyclic) bond motifs is 1. The summed E-state index contributed by atoms with van der Waals surface area (Å²) in [4.78, 5) is 13.0. The topological polar surface area (TPSA) is 50.7 Å². The zero-order valence-corrected chi connectivity index (χ0v) is 8.99. The van der Waals surface area contributed by atoms with Gasteiger partial charge in [0.05, 0.1) is 17.9 Å². The van der Waals surface area contributed by atoms with Crippen LogP contribution in [0.3, 0.4) is 0 Å². The van der Waals surface area contributed by atoms with E-state index in [0.29, 0.717) is 0 Å². The van der Waals surface area contributed by atoms with E-state index in [2.05, 4.69) is 27.2 Å². The molecule has 0 saturated heterocycles. The Hall–Kier alpha value is -1.71. The molecule has 0 aliphatic heterocycles. The molecule has 0 saturated carbocycles. The van der Waals surface area contributed by atoms with Gasteiger partial charge >= 0.3 is 0 Å². The molecule has 1 N–H and O–H groups in total. The van der Waals surface area contributed by atoms with E-state index in [1.54, 1.807) is 12.4 Å². The molecule has 0 radical (unpaired) electrons. The van der Waals surface area contributed by atoms with Crippen LogP contribution in [0.15, 0.2) is 18.5 Å². The highest BCUT2D eigenvalue weighted by Crippen LogP contribution is 2.12. The highest BCUT2D eigenvalue weighted by atomic mass is 15.0. The quantitative estimate of drug-likeness (QED) is 0.833. The molecule has 15 heavy (non-hydrogen) atoms. The summed E-state index contributed by atoms with van der Waals surface area (Å²) in [5, 5.41) is 3.13. The Morgan fingerprint density at radius 2 is 2.07 bits per heavy atom. The summed E-state index contributed by atoms with van der Waals surface area (Å²) in [6.07, 6.45) is 4.46. The Morgan fingerprint density at radius 3 is 2.80 bits per heavy atom. The van der Waals surface area contributed by atoms with Crippen LogP contribution in [-0.4, -0.2) is 21.5 Å². The average Bonchev–Trinajstić information content (AvgIpc) is 2.29. The third-order valence-corrected chi connectivity index (χ3v) is 2.21. The summed E-state index contributed by atoms with van der Waals surface area (Å²) in [5.74, 6) is 0.802. The van der Waals surface area contributed by atoms with Gasteiger partial charge in [-0.05, 0) is 19.4 Å². The van der Waals surface area contributed by atoms with Crippen molar-refractivity contribution in [1.29, 1.82) is 0 Å². The van der Waals surface area contributed by atoms with Gasteiger partial charge in [-0.25, -0.2) is 4.98 Å². The highest BCUT2D eigenvalue weighted by Gasteiger charge is 2.00. The van der Waals surface area contributed by atoms with E-state index < -0.39 is 0 Å². The van der Waals surface area contributed by atoms with Gasteiger partial charge < -0.3 is 5.32 Å². The predicted octanol–water partition coefficient (Wildman–Crippen LogP) is 2.26. The fourth-order valence-corrected chi connectivity index (χ4v) is 1.42. The minimum absolute atomic E-state index is 0. The van der Waals surface area contributed by atoms with Crippen molar-refractivity contribution in [1.82, 2.24) is 15.0 Å². The molecule has 80 valence electrons. The summed E-state index contributed by atoms with van der Waals surface area (Å²) in [5.41, 5.74) is 2.79. The van der Waals surface area contributed by atoms with Gasteiger partial charge in [0, 0.05) is 13.7 Å². The second-order valence-electron chi connectivity index (χ2n) is 3.30. The van der Waals surface area contributed by atoms with Crippen molar-refractivity contribution in [2.24, 2.45) is 0 Å². The number of aryl methyl sites for hydroxylation is 1. The molecule has 0 aliphatic carbocycles. The van der Waals surface area contributed by atoms with Crippen LogP contribution < -0.4 is 5.32 Å². The summed E-state index contributed by atoms with van der Waals surface area (Å²) in [6, 6.07) is 1.98. The zero-order valence-electron chi connectivity index (χ0n) is 8.99. The minimum atomic E-state index is 0. The Balaban J connectivity index is 0.00000128. The van der Waals surface area contributed by atoms with E-state index in [1.807, 2.05) is 13.0 Å². The minimum Gasteiger partial charge on any atom is -0.369 e. The van der Waals surface area contributed by atoms with Crippen molar-refractivity contribution < 1.29 is 1.43 Å². The molecule has 4 nitrogen and oxygen atoms in total. The molecule has 2 rings (SSSR count). The van der Waals surface area contributed by atoms with Crippen LogP contribution in [0.2, 0.25) is 0 Å². The van der Waals surface area contributed by atoms with Crippen LogP contribution in [0.4, 0.5) is 5.82 Å². The largest absolute Gasteiger partial charge is 0.369 e. The molecule has 2 heterocycles. The maximum Gasteiger partial charge on any atom is 0.145 e. The van der Waals surface area contributed by atoms with Crippen LogP contribution >= 0.6 is 0 Å². The Labute approximate surface area is 90.3 Å². The number of nitrogens with one attached hydrogen (secondary N) is 1. The summed E-state index contributed by atoms with van der Waals surface area (Å²) < 4.78 is 0. The van der Waals surface area contributed by atoms with Gasteiger partial charge in [0.15, 0.2) is 0 Å². The highest BCUT2D eigenvalue weighted by molar-refractivity contribution is 5.74. The Bertz CT molecular complexity index is 472. The van der Waals surface area contributed by atoms with Crippen molar-refractivity contribution in [2.75, 3.05) is 11.9 Å². The van der Waals surface area contributed by atoms with Gasteiger partial charge in [-0.1, -0.05) is 6.92 Å². The number of hydrogen-bond acceptors (Lipinski definition) is 4. The maximum atomic E-state index is 4.40. The van der Waals surface area contributed by atoms with Crippen LogP contribution in [0, 0.1) is 0 Å². The van der Waals surface area contributed by atoms with Crippen molar-refractivity contribution >= 4 is 16.9 Å². The van der Waals surface area contributed by atoms with Gasteiger partial charge in [0.1, 0.15) is 11.3 Å². The standard InChI is InChI=1S/C11H14N4.H2/c1-3-8-5-9-10(6-13-8)15-11(7-14-9)12-4-2;/h5-7H,3-4H2,1-2H3,(H,12,15);1H. The van der Waals surface area contributed by atoms with Crippen LogP contribution in [0.1, 0.15) is 21.0 Å². The fourth-order valence-electron chi connectivity index (χ4n) is 1.42. The first-order valence-corrected chi connectivity index (χ1v) is 5.19. The number of rotatable bonds is 3. The van der Waals surface area contributed by atoms with Gasteiger partial charge in [-0.3, -0.25) is 9.97 Å². The Kier molecular flexibility index (Phi) is 2.76. The first-order chi connectivity index (χ1) is 7.33. The second-order valence-corrected chi connectivity index (χ2v) is 3.30. The molecule has 0 aromatic carbocycles. The lowest BCUT2D eigenvalue weighted by Gasteiger charge is -2.03. The zero-order chi connectivity index (χ0) is 10.7. The number of hydrogen-bond donors (Lipinski definition) is 1. The average molecular weight is 204 g/mol. The van der Waals surface area contributed by atoms with E-state index in [1.165, 1.54) is 0 Å². The predicted molar refractivity (Wildman–Crippen MR) is 63.0 cm³/mol. The fraction of sp³-hybridized carbons (Fsp3) is 0.364. The lowest BCUT2D eigenvalue weighted by atomic mass is 10.2. The van der Waals surface area contributed by atoms with Gasteiger partial charge in [0.25, 0.3) is 0 Å². The summed E-state index contributed by atoms with van der Waals surface area (Å²) >= 11 is 0. The van der Waals surface area contributed by atoms with Crippen molar-refractivity contribution in [3.05, 3.63) is 24.2 Å². The van der Waals surface area contributed by atoms with Crippen LogP contribution in [-0.2, 0) is 6.42 Å². The third kappa shape index (κ3) is 2.03. The van der Waals surface area contributed by atoms with Crippen molar-refractivity contribution in [3.8, 4) is 0 Å². The molecular formula is C11H16N4. The molecule has 2 aromatic rings. The molecule has 4 heteroatoms. The van der Waals surface area contributed by atoms with E-state index in [4.69, 9.17) is 0 Å². The molecule has 0 atom stereocenters. The number of nitrogens with zero attached hydrogens (tertiary/aromatic N) is 3. The van der Waals surface area contributed by atoms with Crippen LogP contribution in [0.5, 0.6) is 0 Å². The van der Waals surface area contributed by atoms with E-state index in [-0.39, 0.29) is 1.43 Å². The molecule has 0 aliphatic rings. The summed E-state index contributed by atoms with van der Waals surface area (Å²) in [6.45, 7) is 4.96. The summed E-state index contributed by atoms with van der Waals surface area (Å²) in [7, 11) is 0. The van der Waals surface area contributed by atoms with Crippen molar-refractivity contribution in [2.45, 2.75) is 20.3 Å². The first kappa shape index (κ1) is 9.83. The molecule has 0 amide bonds. The SMILES string of the molecule is CCNc1cnc2cc(CC)ncc2n1.[HH]. The molecule has 0 bridgehead atoms. The smallest absolute Gasteiger partial charge is 0.145 e. The molecular weight excluding hydrogens is 188 g/mol. The van der Waals surface area contributed by atoms with Gasteiger partial charge in [-0.15, -0.1) is 0 Å². The number of aromatic nitrogens is 3. The lowest BCUT2D eigenvalue weighted by Crippen LogP contribution is -2.00. The van der Waals surface area contributed by atoms with Gasteiger partial charge in [-0.2, -0.15) is 0 Å². The number of anilines is 1. The molecule has 0 fully saturated rings. The monoisotopic (exact) mass is 204 g/mol. The first-order valence-electron chi connectivity index (χ1n) is 5.19. The normalized spacial score (nSPS) is 10.5. The van der Waals surface area contributed by atoms with E-state index in [9.17, 15) is 0 Å². The second kappa shape index (κ2) is 4.21. The van der Waals surface area contributed by atoms with Gasteiger partial charge in [0.2, 0.25) is 0 Å².